The summed E-state index contributed by atoms with van der Waals surface area (Å²) >= 11 is 0. The summed E-state index contributed by atoms with van der Waals surface area (Å²) in [7, 11) is 2.76. The Morgan fingerprint density at radius 1 is 1.26 bits per heavy atom. The van der Waals surface area contributed by atoms with Gasteiger partial charge in [-0.1, -0.05) is 11.2 Å². The number of methoxy groups -OCH3 is 2. The smallest absolute Gasteiger partial charge is 0.341 e. The molecule has 0 spiro atoms. The van der Waals surface area contributed by atoms with E-state index in [0.29, 0.717) is 22.9 Å². The summed E-state index contributed by atoms with van der Waals surface area (Å²) in [6.07, 6.45) is 0. The van der Waals surface area contributed by atoms with Crippen molar-refractivity contribution in [3.8, 4) is 5.75 Å². The second-order valence-electron chi connectivity index (χ2n) is 4.66. The van der Waals surface area contributed by atoms with E-state index in [-0.39, 0.29) is 6.54 Å². The van der Waals surface area contributed by atoms with Gasteiger partial charge in [-0.25, -0.2) is 9.59 Å². The highest BCUT2D eigenvalue weighted by Gasteiger charge is 2.14. The van der Waals surface area contributed by atoms with Crippen molar-refractivity contribution >= 4 is 17.8 Å². The maximum atomic E-state index is 11.8. The Kier molecular flexibility index (Phi) is 5.19. The van der Waals surface area contributed by atoms with Crippen LogP contribution in [-0.2, 0) is 11.3 Å². The highest BCUT2D eigenvalue weighted by Crippen LogP contribution is 2.20. The number of hydrogen-bond acceptors (Lipinski definition) is 6. The van der Waals surface area contributed by atoms with Crippen molar-refractivity contribution in [1.29, 1.82) is 0 Å². The minimum Gasteiger partial charge on any atom is -0.496 e. The summed E-state index contributed by atoms with van der Waals surface area (Å²) in [5.74, 6) is 0.817. The maximum absolute atomic E-state index is 11.8. The highest BCUT2D eigenvalue weighted by atomic mass is 16.5. The van der Waals surface area contributed by atoms with E-state index in [2.05, 4.69) is 15.8 Å². The number of carbonyl (C=O) groups excluding carboxylic acids is 2. The lowest BCUT2D eigenvalue weighted by atomic mass is 10.1. The molecule has 2 N–H and O–H groups in total. The van der Waals surface area contributed by atoms with Crippen LogP contribution in [0.3, 0.4) is 0 Å². The van der Waals surface area contributed by atoms with E-state index in [1.54, 1.807) is 31.2 Å². The molecule has 1 heterocycles. The van der Waals surface area contributed by atoms with Gasteiger partial charge in [0, 0.05) is 12.6 Å². The number of rotatable bonds is 5. The van der Waals surface area contributed by atoms with Gasteiger partial charge in [0.15, 0.2) is 5.82 Å². The first-order valence-electron chi connectivity index (χ1n) is 6.77. The van der Waals surface area contributed by atoms with E-state index in [9.17, 15) is 9.59 Å². The third-order valence-corrected chi connectivity index (χ3v) is 2.99. The highest BCUT2D eigenvalue weighted by molar-refractivity contribution is 5.92. The molecule has 2 aromatic rings. The summed E-state index contributed by atoms with van der Waals surface area (Å²) in [6, 6.07) is 6.15. The average molecular weight is 319 g/mol. The molecule has 0 aliphatic carbocycles. The van der Waals surface area contributed by atoms with E-state index >= 15 is 0 Å². The molecule has 8 heteroatoms. The number of urea groups is 1. The number of aryl methyl sites for hydroxylation is 1. The lowest BCUT2D eigenvalue weighted by molar-refractivity contribution is 0.0597. The largest absolute Gasteiger partial charge is 0.496 e. The van der Waals surface area contributed by atoms with Crippen molar-refractivity contribution in [2.75, 3.05) is 19.5 Å². The van der Waals surface area contributed by atoms with Crippen LogP contribution in [0.15, 0.2) is 28.8 Å². The van der Waals surface area contributed by atoms with Crippen molar-refractivity contribution in [3.05, 3.63) is 41.2 Å². The van der Waals surface area contributed by atoms with Gasteiger partial charge >= 0.3 is 12.0 Å². The molecule has 0 saturated carbocycles. The normalized spacial score (nSPS) is 10.0. The Bertz CT molecular complexity index is 711. The van der Waals surface area contributed by atoms with Crippen LogP contribution in [0, 0.1) is 6.92 Å². The third-order valence-electron chi connectivity index (χ3n) is 2.99. The molecule has 0 aliphatic heterocycles. The summed E-state index contributed by atoms with van der Waals surface area (Å²) < 4.78 is 14.7. The van der Waals surface area contributed by atoms with Crippen molar-refractivity contribution in [2.24, 2.45) is 0 Å². The number of benzene rings is 1. The van der Waals surface area contributed by atoms with Crippen molar-refractivity contribution in [1.82, 2.24) is 10.5 Å². The van der Waals surface area contributed by atoms with Gasteiger partial charge in [-0.15, -0.1) is 0 Å². The van der Waals surface area contributed by atoms with Gasteiger partial charge in [-0.3, -0.25) is 5.32 Å². The van der Waals surface area contributed by atoms with E-state index in [1.165, 1.54) is 14.2 Å². The van der Waals surface area contributed by atoms with Crippen molar-refractivity contribution in [3.63, 3.8) is 0 Å². The van der Waals surface area contributed by atoms with Crippen LogP contribution >= 0.6 is 0 Å². The summed E-state index contributed by atoms with van der Waals surface area (Å²) in [5.41, 5.74) is 1.01. The number of hydrogen-bond donors (Lipinski definition) is 2. The van der Waals surface area contributed by atoms with Gasteiger partial charge in [-0.2, -0.15) is 0 Å². The molecule has 1 aromatic carbocycles. The molecule has 0 fully saturated rings. The molecule has 0 atom stereocenters. The molecule has 2 amide bonds. The van der Waals surface area contributed by atoms with Crippen LogP contribution < -0.4 is 15.4 Å². The Balaban J connectivity index is 1.99. The second-order valence-corrected chi connectivity index (χ2v) is 4.66. The van der Waals surface area contributed by atoms with Crippen LogP contribution in [0.25, 0.3) is 0 Å². The zero-order valence-electron chi connectivity index (χ0n) is 13.0. The minimum atomic E-state index is -0.508. The molecule has 1 aromatic heterocycles. The number of ether oxygens (including phenoxy) is 2. The van der Waals surface area contributed by atoms with Gasteiger partial charge < -0.3 is 19.3 Å². The van der Waals surface area contributed by atoms with E-state index in [4.69, 9.17) is 14.0 Å². The number of nitrogens with zero attached hydrogens (tertiary/aromatic N) is 1. The molecule has 8 nitrogen and oxygen atoms in total. The second kappa shape index (κ2) is 7.30. The molecular weight excluding hydrogens is 302 g/mol. The molecule has 0 saturated heterocycles. The molecule has 0 unspecified atom stereocenters. The topological polar surface area (TPSA) is 103 Å². The SMILES string of the molecule is COC(=O)c1cc(CNC(=O)Nc2cc(C)on2)ccc1OC. The number of nitrogens with one attached hydrogen (secondary N) is 2. The van der Waals surface area contributed by atoms with Gasteiger partial charge in [0.2, 0.25) is 0 Å². The first-order valence-corrected chi connectivity index (χ1v) is 6.77. The Morgan fingerprint density at radius 3 is 2.65 bits per heavy atom. The number of anilines is 1. The maximum Gasteiger partial charge on any atom is 0.341 e. The van der Waals surface area contributed by atoms with Gasteiger partial charge in [0.1, 0.15) is 17.1 Å². The fourth-order valence-corrected chi connectivity index (χ4v) is 1.90. The zero-order chi connectivity index (χ0) is 16.8. The predicted molar refractivity (Wildman–Crippen MR) is 81.4 cm³/mol. The number of esters is 1. The average Bonchev–Trinajstić information content (AvgIpc) is 2.96. The summed E-state index contributed by atoms with van der Waals surface area (Å²) in [4.78, 5) is 23.5. The van der Waals surface area contributed by atoms with Gasteiger partial charge in [0.05, 0.1) is 14.2 Å². The number of aromatic nitrogens is 1. The first kappa shape index (κ1) is 16.3. The van der Waals surface area contributed by atoms with Gasteiger partial charge in [-0.05, 0) is 24.6 Å². The molecule has 2 rings (SSSR count). The predicted octanol–water partition coefficient (Wildman–Crippen LogP) is 2.10. The van der Waals surface area contributed by atoms with Crippen LogP contribution in [-0.4, -0.2) is 31.4 Å². The van der Waals surface area contributed by atoms with Crippen LogP contribution in [0.1, 0.15) is 21.7 Å². The Hall–Kier alpha value is -3.03. The monoisotopic (exact) mass is 319 g/mol. The lowest BCUT2D eigenvalue weighted by Gasteiger charge is -2.10. The van der Waals surface area contributed by atoms with E-state index < -0.39 is 12.0 Å². The van der Waals surface area contributed by atoms with E-state index in [1.807, 2.05) is 0 Å². The summed E-state index contributed by atoms with van der Waals surface area (Å²) in [5, 5.41) is 8.84. The van der Waals surface area contributed by atoms with E-state index in [0.717, 1.165) is 5.56 Å². The van der Waals surface area contributed by atoms with Crippen molar-refractivity contribution < 1.29 is 23.6 Å². The van der Waals surface area contributed by atoms with Crippen LogP contribution in [0.2, 0.25) is 0 Å². The molecule has 23 heavy (non-hydrogen) atoms. The fourth-order valence-electron chi connectivity index (χ4n) is 1.90. The van der Waals surface area contributed by atoms with Crippen LogP contribution in [0.5, 0.6) is 5.75 Å². The van der Waals surface area contributed by atoms with Crippen molar-refractivity contribution in [2.45, 2.75) is 13.5 Å². The zero-order valence-corrected chi connectivity index (χ0v) is 13.0. The van der Waals surface area contributed by atoms with Crippen LogP contribution in [0.4, 0.5) is 10.6 Å². The molecule has 122 valence electrons. The van der Waals surface area contributed by atoms with Gasteiger partial charge in [0.25, 0.3) is 0 Å². The lowest BCUT2D eigenvalue weighted by Crippen LogP contribution is -2.28. The molecular formula is C15H17N3O5. The third kappa shape index (κ3) is 4.22. The minimum absolute atomic E-state index is 0.219. The quantitative estimate of drug-likeness (QED) is 0.818. The molecule has 0 aliphatic rings. The fraction of sp³-hybridized carbons (Fsp3) is 0.267. The number of carbonyl (C=O) groups is 2. The Labute approximate surface area is 132 Å². The molecule has 0 radical (unpaired) electrons. The summed E-state index contributed by atoms with van der Waals surface area (Å²) in [6.45, 7) is 1.94. The number of amides is 2. The standard InChI is InChI=1S/C15H17N3O5/c1-9-6-13(18-23-9)17-15(20)16-8-10-4-5-12(21-2)11(7-10)14(19)22-3/h4-7H,8H2,1-3H3,(H2,16,17,18,20). The first-order chi connectivity index (χ1) is 11.0. The molecule has 0 bridgehead atoms. The Morgan fingerprint density at radius 2 is 2.04 bits per heavy atom.